The van der Waals surface area contributed by atoms with E-state index >= 15 is 0 Å². The quantitative estimate of drug-likeness (QED) is 0.745. The molecular weight excluding hydrogens is 254 g/mol. The summed E-state index contributed by atoms with van der Waals surface area (Å²) in [5.74, 6) is 1.68. The molecule has 2 aliphatic carbocycles. The fourth-order valence-corrected chi connectivity index (χ4v) is 4.48. The molecule has 1 nitrogen and oxygen atoms in total. The fraction of sp³-hybridized carbons (Fsp3) is 0.700. The van der Waals surface area contributed by atoms with Crippen molar-refractivity contribution in [3.05, 3.63) is 35.4 Å². The van der Waals surface area contributed by atoms with Gasteiger partial charge in [-0.25, -0.2) is 0 Å². The molecule has 0 amide bonds. The Bertz CT molecular complexity index is 410. The Morgan fingerprint density at radius 3 is 2.14 bits per heavy atom. The lowest BCUT2D eigenvalue weighted by molar-refractivity contribution is 0.374. The molecule has 0 aromatic heterocycles. The van der Waals surface area contributed by atoms with Gasteiger partial charge in [0.25, 0.3) is 0 Å². The second-order valence-electron chi connectivity index (χ2n) is 7.08. The minimum Gasteiger partial charge on any atom is -0.310 e. The van der Waals surface area contributed by atoms with Gasteiger partial charge in [-0.2, -0.15) is 0 Å². The van der Waals surface area contributed by atoms with Gasteiger partial charge in [-0.3, -0.25) is 0 Å². The van der Waals surface area contributed by atoms with Crippen LogP contribution in [0.1, 0.15) is 87.8 Å². The van der Waals surface area contributed by atoms with Gasteiger partial charge in [0, 0.05) is 6.04 Å². The average molecular weight is 285 g/mol. The molecule has 0 saturated heterocycles. The Kier molecular flexibility index (Phi) is 5.35. The highest BCUT2D eigenvalue weighted by molar-refractivity contribution is 5.28. The lowest BCUT2D eigenvalue weighted by Crippen LogP contribution is -2.26. The SMILES string of the molecule is CCNC(c1ccc(C2CCCCC2)cc1)C1CCCC1. The monoisotopic (exact) mass is 285 g/mol. The first-order chi connectivity index (χ1) is 10.4. The van der Waals surface area contributed by atoms with Crippen LogP contribution in [0.4, 0.5) is 0 Å². The first-order valence-corrected chi connectivity index (χ1v) is 9.21. The lowest BCUT2D eigenvalue weighted by atomic mass is 9.83. The van der Waals surface area contributed by atoms with E-state index in [1.165, 1.54) is 63.4 Å². The molecule has 1 atom stereocenters. The molecule has 0 spiro atoms. The minimum atomic E-state index is 0.581. The van der Waals surface area contributed by atoms with Crippen molar-refractivity contribution < 1.29 is 0 Å². The third-order valence-corrected chi connectivity index (χ3v) is 5.67. The smallest absolute Gasteiger partial charge is 0.0348 e. The molecule has 2 fully saturated rings. The number of rotatable bonds is 5. The number of hydrogen-bond acceptors (Lipinski definition) is 1. The Labute approximate surface area is 130 Å². The Morgan fingerprint density at radius 2 is 1.52 bits per heavy atom. The Morgan fingerprint density at radius 1 is 0.905 bits per heavy atom. The van der Waals surface area contributed by atoms with Gasteiger partial charge < -0.3 is 5.32 Å². The van der Waals surface area contributed by atoms with E-state index in [1.807, 2.05) is 0 Å². The summed E-state index contributed by atoms with van der Waals surface area (Å²) in [6, 6.07) is 10.2. The molecule has 1 N–H and O–H groups in total. The van der Waals surface area contributed by atoms with Crippen molar-refractivity contribution in [3.63, 3.8) is 0 Å². The van der Waals surface area contributed by atoms with Crippen LogP contribution in [0.15, 0.2) is 24.3 Å². The maximum atomic E-state index is 3.74. The molecule has 0 radical (unpaired) electrons. The average Bonchev–Trinajstić information content (AvgIpc) is 3.08. The third-order valence-electron chi connectivity index (χ3n) is 5.67. The van der Waals surface area contributed by atoms with E-state index in [1.54, 1.807) is 5.56 Å². The molecule has 1 aromatic rings. The Balaban J connectivity index is 1.71. The van der Waals surface area contributed by atoms with Crippen molar-refractivity contribution in [2.24, 2.45) is 5.92 Å². The molecular formula is C20H31N. The van der Waals surface area contributed by atoms with Crippen molar-refractivity contribution >= 4 is 0 Å². The van der Waals surface area contributed by atoms with Gasteiger partial charge in [0.1, 0.15) is 0 Å². The molecule has 1 heteroatoms. The van der Waals surface area contributed by atoms with Crippen molar-refractivity contribution in [2.75, 3.05) is 6.54 Å². The van der Waals surface area contributed by atoms with E-state index in [0.717, 1.165) is 18.4 Å². The second-order valence-corrected chi connectivity index (χ2v) is 7.08. The predicted octanol–water partition coefficient (Wildman–Crippen LogP) is 5.58. The molecule has 3 rings (SSSR count). The highest BCUT2D eigenvalue weighted by atomic mass is 14.9. The summed E-state index contributed by atoms with van der Waals surface area (Å²) in [4.78, 5) is 0. The summed E-state index contributed by atoms with van der Waals surface area (Å²) in [6.07, 6.45) is 12.8. The van der Waals surface area contributed by atoms with Crippen molar-refractivity contribution in [1.29, 1.82) is 0 Å². The number of benzene rings is 1. The molecule has 0 aliphatic heterocycles. The van der Waals surface area contributed by atoms with E-state index in [9.17, 15) is 0 Å². The minimum absolute atomic E-state index is 0.581. The van der Waals surface area contributed by atoms with Crippen molar-refractivity contribution in [1.82, 2.24) is 5.32 Å². The molecule has 2 saturated carbocycles. The lowest BCUT2D eigenvalue weighted by Gasteiger charge is -2.26. The zero-order valence-corrected chi connectivity index (χ0v) is 13.6. The maximum Gasteiger partial charge on any atom is 0.0348 e. The van der Waals surface area contributed by atoms with Crippen LogP contribution in [-0.2, 0) is 0 Å². The van der Waals surface area contributed by atoms with Crippen LogP contribution in [0.25, 0.3) is 0 Å². The maximum absolute atomic E-state index is 3.74. The van der Waals surface area contributed by atoms with Crippen LogP contribution in [0.5, 0.6) is 0 Å². The first-order valence-electron chi connectivity index (χ1n) is 9.21. The fourth-order valence-electron chi connectivity index (χ4n) is 4.48. The van der Waals surface area contributed by atoms with Gasteiger partial charge >= 0.3 is 0 Å². The van der Waals surface area contributed by atoms with Crippen molar-refractivity contribution in [3.8, 4) is 0 Å². The van der Waals surface area contributed by atoms with E-state index < -0.39 is 0 Å². The second kappa shape index (κ2) is 7.45. The Hall–Kier alpha value is -0.820. The molecule has 21 heavy (non-hydrogen) atoms. The topological polar surface area (TPSA) is 12.0 Å². The van der Waals surface area contributed by atoms with Crippen molar-refractivity contribution in [2.45, 2.75) is 76.7 Å². The predicted molar refractivity (Wildman–Crippen MR) is 90.6 cm³/mol. The van der Waals surface area contributed by atoms with Crippen LogP contribution in [0, 0.1) is 5.92 Å². The summed E-state index contributed by atoms with van der Waals surface area (Å²) in [7, 11) is 0. The highest BCUT2D eigenvalue weighted by Crippen LogP contribution is 2.37. The zero-order chi connectivity index (χ0) is 14.5. The van der Waals surface area contributed by atoms with Gasteiger partial charge in [0.05, 0.1) is 0 Å². The van der Waals surface area contributed by atoms with Crippen LogP contribution in [-0.4, -0.2) is 6.54 Å². The molecule has 0 heterocycles. The molecule has 0 bridgehead atoms. The summed E-state index contributed by atoms with van der Waals surface area (Å²) in [5.41, 5.74) is 3.10. The summed E-state index contributed by atoms with van der Waals surface area (Å²) in [5, 5.41) is 3.74. The van der Waals surface area contributed by atoms with E-state index in [0.29, 0.717) is 6.04 Å². The van der Waals surface area contributed by atoms with E-state index in [2.05, 4.69) is 36.5 Å². The number of hydrogen-bond donors (Lipinski definition) is 1. The van der Waals surface area contributed by atoms with Crippen LogP contribution >= 0.6 is 0 Å². The summed E-state index contributed by atoms with van der Waals surface area (Å²) >= 11 is 0. The van der Waals surface area contributed by atoms with Gasteiger partial charge in [-0.1, -0.05) is 63.3 Å². The van der Waals surface area contributed by atoms with Gasteiger partial charge in [-0.05, 0) is 55.2 Å². The van der Waals surface area contributed by atoms with Gasteiger partial charge in [0.15, 0.2) is 0 Å². The molecule has 2 aliphatic rings. The molecule has 1 unspecified atom stereocenters. The molecule has 1 aromatic carbocycles. The summed E-state index contributed by atoms with van der Waals surface area (Å²) < 4.78 is 0. The molecule has 116 valence electrons. The third kappa shape index (κ3) is 3.69. The number of nitrogens with one attached hydrogen (secondary N) is 1. The van der Waals surface area contributed by atoms with Crippen LogP contribution in [0.3, 0.4) is 0 Å². The van der Waals surface area contributed by atoms with Gasteiger partial charge in [-0.15, -0.1) is 0 Å². The highest BCUT2D eigenvalue weighted by Gasteiger charge is 2.25. The van der Waals surface area contributed by atoms with Crippen LogP contribution in [0.2, 0.25) is 0 Å². The normalized spacial score (nSPS) is 22.5. The largest absolute Gasteiger partial charge is 0.310 e. The summed E-state index contributed by atoms with van der Waals surface area (Å²) in [6.45, 7) is 3.31. The standard InChI is InChI=1S/C20H31N/c1-2-21-20(18-10-6-7-11-18)19-14-12-17(13-15-19)16-8-4-3-5-9-16/h12-16,18,20-21H,2-11H2,1H3. The zero-order valence-electron chi connectivity index (χ0n) is 13.6. The first kappa shape index (κ1) is 15.1. The van der Waals surface area contributed by atoms with E-state index in [-0.39, 0.29) is 0 Å². The van der Waals surface area contributed by atoms with Gasteiger partial charge in [0.2, 0.25) is 0 Å². The van der Waals surface area contributed by atoms with E-state index in [4.69, 9.17) is 0 Å². The van der Waals surface area contributed by atoms with Crippen LogP contribution < -0.4 is 5.32 Å².